The molecule has 0 aromatic heterocycles. The van der Waals surface area contributed by atoms with Gasteiger partial charge in [0.1, 0.15) is 0 Å². The van der Waals surface area contributed by atoms with Crippen molar-refractivity contribution in [1.82, 2.24) is 0 Å². The van der Waals surface area contributed by atoms with Gasteiger partial charge in [0.25, 0.3) is 0 Å². The van der Waals surface area contributed by atoms with Crippen molar-refractivity contribution >= 4 is 34.1 Å². The Morgan fingerprint density at radius 2 is 0.538 bits per heavy atom. The molecule has 0 fully saturated rings. The van der Waals surface area contributed by atoms with Crippen LogP contribution in [0.2, 0.25) is 0 Å². The van der Waals surface area contributed by atoms with Crippen LogP contribution in [-0.2, 0) is 51.8 Å². The second-order valence-electron chi connectivity index (χ2n) is 12.4. The predicted octanol–water partition coefficient (Wildman–Crippen LogP) is 11.5. The van der Waals surface area contributed by atoms with E-state index >= 15 is 0 Å². The molecule has 6 nitrogen and oxygen atoms in total. The molecule has 6 heteroatoms. The maximum Gasteiger partial charge on any atom is 0.0713 e. The number of hydrogen-bond acceptors (Lipinski definition) is 6. The van der Waals surface area contributed by atoms with Crippen LogP contribution in [0.3, 0.4) is 0 Å². The highest BCUT2D eigenvalue weighted by Crippen LogP contribution is 2.36. The molecule has 0 aliphatic carbocycles. The number of aryl methyl sites for hydroxylation is 1. The summed E-state index contributed by atoms with van der Waals surface area (Å²) in [7, 11) is 6.87. The number of ether oxygens (including phenoxy) is 4. The fraction of sp³-hybridized carbons (Fsp3) is 0.217. The van der Waals surface area contributed by atoms with E-state index in [1.165, 1.54) is 5.56 Å². The fourth-order valence-corrected chi connectivity index (χ4v) is 5.98. The van der Waals surface area contributed by atoms with E-state index in [4.69, 9.17) is 18.9 Å². The molecule has 0 atom stereocenters. The molecule has 0 aliphatic rings. The zero-order valence-electron chi connectivity index (χ0n) is 31.0. The zero-order valence-corrected chi connectivity index (χ0v) is 31.0. The number of nitrogens with zero attached hydrogens (tertiary/aromatic N) is 2. The van der Waals surface area contributed by atoms with Crippen LogP contribution in [0.5, 0.6) is 0 Å². The Kier molecular flexibility index (Phi) is 14.6. The number of rotatable bonds is 15. The van der Waals surface area contributed by atoms with Gasteiger partial charge in [0, 0.05) is 62.6 Å². The molecule has 0 N–H and O–H groups in total. The molecule has 0 heterocycles. The molecule has 0 saturated heterocycles. The van der Waals surface area contributed by atoms with E-state index in [1.54, 1.807) is 28.4 Å². The first kappa shape index (κ1) is 38.0. The van der Waals surface area contributed by atoms with E-state index in [0.717, 1.165) is 62.8 Å². The topological polar surface area (TPSA) is 43.4 Å². The van der Waals surface area contributed by atoms with Gasteiger partial charge in [-0.2, -0.15) is 0 Å². The summed E-state index contributed by atoms with van der Waals surface area (Å²) in [5.41, 5.74) is 12.7. The molecular weight excluding hydrogens is 645 g/mol. The van der Waals surface area contributed by atoms with Crippen LogP contribution >= 0.6 is 0 Å². The monoisotopic (exact) mass is 694 g/mol. The van der Waals surface area contributed by atoms with E-state index in [1.807, 2.05) is 6.07 Å². The summed E-state index contributed by atoms with van der Waals surface area (Å²) in [6.07, 6.45) is 1.04. The standard InChI is InChI=1S/C24H27NO2.C22H23NO2/c1-4-19-5-11-22(12-6-19)25(23-13-7-20(8-14-23)17-26-2)24-15-9-21(10-16-24)18-27-3;1-24-16-18-8-12-21(13-9-18)23(20-6-4-3-5-7-20)22-14-10-19(11-15-22)17-25-2/h5-16H,4,17-18H2,1-3H3;3-15H,16-17H2,1-2H3. The summed E-state index contributed by atoms with van der Waals surface area (Å²) in [6.45, 7) is 4.67. The zero-order chi connectivity index (χ0) is 36.5. The van der Waals surface area contributed by atoms with E-state index in [2.05, 4.69) is 162 Å². The van der Waals surface area contributed by atoms with Crippen LogP contribution in [0.4, 0.5) is 34.1 Å². The van der Waals surface area contributed by atoms with Crippen molar-refractivity contribution in [3.63, 3.8) is 0 Å². The van der Waals surface area contributed by atoms with Gasteiger partial charge in [0.2, 0.25) is 0 Å². The third-order valence-electron chi connectivity index (χ3n) is 8.64. The van der Waals surface area contributed by atoms with Gasteiger partial charge < -0.3 is 28.7 Å². The molecule has 0 spiro atoms. The number of benzene rings is 6. The molecule has 0 aliphatic heterocycles. The van der Waals surface area contributed by atoms with Gasteiger partial charge in [-0.05, 0) is 107 Å². The normalized spacial score (nSPS) is 10.7. The largest absolute Gasteiger partial charge is 0.380 e. The number of anilines is 6. The van der Waals surface area contributed by atoms with E-state index < -0.39 is 0 Å². The average Bonchev–Trinajstić information content (AvgIpc) is 3.19. The lowest BCUT2D eigenvalue weighted by molar-refractivity contribution is 0.185. The Morgan fingerprint density at radius 3 is 0.769 bits per heavy atom. The van der Waals surface area contributed by atoms with Crippen LogP contribution in [0, 0.1) is 0 Å². The lowest BCUT2D eigenvalue weighted by atomic mass is 10.1. The van der Waals surface area contributed by atoms with Crippen molar-refractivity contribution < 1.29 is 18.9 Å². The van der Waals surface area contributed by atoms with Crippen molar-refractivity contribution in [2.75, 3.05) is 38.2 Å². The fourth-order valence-electron chi connectivity index (χ4n) is 5.98. The lowest BCUT2D eigenvalue weighted by Gasteiger charge is -2.26. The minimum atomic E-state index is 0.622. The summed E-state index contributed by atoms with van der Waals surface area (Å²) in [5.74, 6) is 0. The summed E-state index contributed by atoms with van der Waals surface area (Å²) >= 11 is 0. The highest BCUT2D eigenvalue weighted by molar-refractivity contribution is 5.77. The molecule has 0 radical (unpaired) electrons. The smallest absolute Gasteiger partial charge is 0.0713 e. The van der Waals surface area contributed by atoms with E-state index in [0.29, 0.717) is 26.4 Å². The minimum Gasteiger partial charge on any atom is -0.380 e. The summed E-state index contributed by atoms with van der Waals surface area (Å²) < 4.78 is 20.9. The highest BCUT2D eigenvalue weighted by atomic mass is 16.5. The van der Waals surface area contributed by atoms with Crippen molar-refractivity contribution in [2.24, 2.45) is 0 Å². The molecule has 0 bridgehead atoms. The number of para-hydroxylation sites is 1. The van der Waals surface area contributed by atoms with E-state index in [9.17, 15) is 0 Å². The summed E-state index contributed by atoms with van der Waals surface area (Å²) in [5, 5.41) is 0. The van der Waals surface area contributed by atoms with Crippen LogP contribution in [-0.4, -0.2) is 28.4 Å². The third-order valence-corrected chi connectivity index (χ3v) is 8.64. The maximum absolute atomic E-state index is 5.23. The Labute approximate surface area is 309 Å². The first-order valence-electron chi connectivity index (χ1n) is 17.6. The molecule has 6 aromatic rings. The minimum absolute atomic E-state index is 0.622. The number of hydrogen-bond donors (Lipinski definition) is 0. The second kappa shape index (κ2) is 20.0. The van der Waals surface area contributed by atoms with Crippen LogP contribution in [0.1, 0.15) is 34.7 Å². The highest BCUT2D eigenvalue weighted by Gasteiger charge is 2.14. The second-order valence-corrected chi connectivity index (χ2v) is 12.4. The van der Waals surface area contributed by atoms with Gasteiger partial charge in [-0.1, -0.05) is 85.8 Å². The van der Waals surface area contributed by atoms with E-state index in [-0.39, 0.29) is 0 Å². The molecule has 0 unspecified atom stereocenters. The molecule has 0 saturated carbocycles. The average molecular weight is 695 g/mol. The van der Waals surface area contributed by atoms with Gasteiger partial charge in [0.05, 0.1) is 26.4 Å². The molecule has 0 amide bonds. The molecular formula is C46H50N2O4. The SMILES string of the molecule is CCc1ccc(N(c2ccc(COC)cc2)c2ccc(COC)cc2)cc1.COCc1ccc(N(c2ccccc2)c2ccc(COC)cc2)cc1. The quantitative estimate of drug-likeness (QED) is 0.107. The van der Waals surface area contributed by atoms with Crippen LogP contribution < -0.4 is 9.80 Å². The van der Waals surface area contributed by atoms with Gasteiger partial charge in [-0.15, -0.1) is 0 Å². The van der Waals surface area contributed by atoms with Crippen molar-refractivity contribution in [2.45, 2.75) is 39.8 Å². The van der Waals surface area contributed by atoms with Gasteiger partial charge in [0.15, 0.2) is 0 Å². The Morgan fingerprint density at radius 1 is 0.308 bits per heavy atom. The van der Waals surface area contributed by atoms with Crippen molar-refractivity contribution in [3.05, 3.63) is 179 Å². The third kappa shape index (κ3) is 10.4. The van der Waals surface area contributed by atoms with Gasteiger partial charge >= 0.3 is 0 Å². The lowest BCUT2D eigenvalue weighted by Crippen LogP contribution is -2.10. The summed E-state index contributed by atoms with van der Waals surface area (Å²) in [6, 6.07) is 53.1. The van der Waals surface area contributed by atoms with Crippen molar-refractivity contribution in [1.29, 1.82) is 0 Å². The van der Waals surface area contributed by atoms with Crippen molar-refractivity contribution in [3.8, 4) is 0 Å². The molecule has 268 valence electrons. The summed E-state index contributed by atoms with van der Waals surface area (Å²) in [4.78, 5) is 4.51. The molecule has 6 aromatic carbocycles. The Hall–Kier alpha value is -5.24. The van der Waals surface area contributed by atoms with Crippen LogP contribution in [0.15, 0.2) is 152 Å². The Balaban J connectivity index is 0.000000202. The Bertz CT molecular complexity index is 1780. The molecule has 52 heavy (non-hydrogen) atoms. The number of methoxy groups -OCH3 is 4. The maximum atomic E-state index is 5.23. The van der Waals surface area contributed by atoms with Crippen LogP contribution in [0.25, 0.3) is 0 Å². The molecule has 6 rings (SSSR count). The first-order chi connectivity index (χ1) is 25.6. The predicted molar refractivity (Wildman–Crippen MR) is 214 cm³/mol. The first-order valence-corrected chi connectivity index (χ1v) is 17.6. The van der Waals surface area contributed by atoms with Gasteiger partial charge in [-0.3, -0.25) is 0 Å². The van der Waals surface area contributed by atoms with Gasteiger partial charge in [-0.25, -0.2) is 0 Å².